The molecule has 4 aromatic carbocycles. The Kier molecular flexibility index (Phi) is 10.2. The molecule has 1 aliphatic heterocycles. The van der Waals surface area contributed by atoms with E-state index in [0.29, 0.717) is 12.2 Å². The van der Waals surface area contributed by atoms with Crippen molar-refractivity contribution in [3.63, 3.8) is 0 Å². The molecule has 0 N–H and O–H groups in total. The number of para-hydroxylation sites is 3. The van der Waals surface area contributed by atoms with Crippen LogP contribution in [-0.2, 0) is 15.9 Å². The van der Waals surface area contributed by atoms with Gasteiger partial charge in [-0.05, 0) is 42.0 Å². The molecule has 0 saturated heterocycles. The number of anilines is 3. The van der Waals surface area contributed by atoms with Gasteiger partial charge in [0.15, 0.2) is 0 Å². The third kappa shape index (κ3) is 6.96. The third-order valence-corrected chi connectivity index (χ3v) is 9.43. The van der Waals surface area contributed by atoms with Crippen molar-refractivity contribution in [3.05, 3.63) is 130 Å². The molecule has 1 aliphatic rings. The molecule has 1 heterocycles. The SMILES string of the molecule is O=S(=O)([O-])CCCSC(SCc1ccccc1)=C1c2ccccc2N(c2ccccc2)c2ccccc21.[Na+]. The fraction of sp³-hybridized carbons (Fsp3) is 0.133. The van der Waals surface area contributed by atoms with Gasteiger partial charge in [0.1, 0.15) is 0 Å². The number of benzene rings is 4. The molecular formula is C30H26NNaO3S3. The summed E-state index contributed by atoms with van der Waals surface area (Å²) in [5.74, 6) is 0.995. The summed E-state index contributed by atoms with van der Waals surface area (Å²) in [7, 11) is -4.23. The number of thioether (sulfide) groups is 2. The summed E-state index contributed by atoms with van der Waals surface area (Å²) >= 11 is 3.39. The molecule has 0 bridgehead atoms. The molecule has 0 amide bonds. The van der Waals surface area contributed by atoms with Crippen LogP contribution in [0.5, 0.6) is 0 Å². The minimum absolute atomic E-state index is 0. The van der Waals surface area contributed by atoms with Gasteiger partial charge >= 0.3 is 29.6 Å². The van der Waals surface area contributed by atoms with E-state index < -0.39 is 10.1 Å². The molecule has 5 rings (SSSR count). The minimum atomic E-state index is -4.23. The van der Waals surface area contributed by atoms with Gasteiger partial charge in [0.2, 0.25) is 0 Å². The molecule has 0 spiro atoms. The van der Waals surface area contributed by atoms with Gasteiger partial charge in [0.25, 0.3) is 0 Å². The third-order valence-electron chi connectivity index (χ3n) is 6.03. The average molecular weight is 568 g/mol. The normalized spacial score (nSPS) is 12.3. The Labute approximate surface area is 255 Å². The Morgan fingerprint density at radius 3 is 1.82 bits per heavy atom. The summed E-state index contributed by atoms with van der Waals surface area (Å²) in [6, 6.07) is 37.5. The van der Waals surface area contributed by atoms with Gasteiger partial charge in [0, 0.05) is 38.1 Å². The standard InChI is InChI=1S/C30H27NO3S3.Na/c32-37(33,34)21-11-20-35-30(36-22-23-12-3-1-4-13-23)29-25-16-7-9-18-27(25)31(24-14-5-2-6-15-24)28-19-10-8-17-26(28)29;/h1-10,12-19H,11,20-22H2,(H,32,33,34);/q;+1/p-1. The smallest absolute Gasteiger partial charge is 0.748 e. The maximum absolute atomic E-state index is 11.2. The van der Waals surface area contributed by atoms with Crippen LogP contribution in [-0.4, -0.2) is 24.5 Å². The van der Waals surface area contributed by atoms with Gasteiger partial charge < -0.3 is 9.45 Å². The van der Waals surface area contributed by atoms with E-state index in [-0.39, 0.29) is 35.3 Å². The van der Waals surface area contributed by atoms with E-state index in [2.05, 4.69) is 77.7 Å². The van der Waals surface area contributed by atoms with E-state index in [9.17, 15) is 13.0 Å². The summed E-state index contributed by atoms with van der Waals surface area (Å²) in [5, 5.41) is 0. The average Bonchev–Trinajstić information content (AvgIpc) is 2.92. The summed E-state index contributed by atoms with van der Waals surface area (Å²) in [6.45, 7) is 0. The molecule has 8 heteroatoms. The quantitative estimate of drug-likeness (QED) is 0.145. The minimum Gasteiger partial charge on any atom is -0.748 e. The number of nitrogens with zero attached hydrogens (tertiary/aromatic N) is 1. The monoisotopic (exact) mass is 567 g/mol. The molecule has 4 nitrogen and oxygen atoms in total. The maximum atomic E-state index is 11.2. The van der Waals surface area contributed by atoms with Crippen molar-refractivity contribution >= 4 is 56.3 Å². The molecule has 0 aliphatic carbocycles. The molecule has 0 atom stereocenters. The van der Waals surface area contributed by atoms with E-state index in [1.165, 1.54) is 5.56 Å². The van der Waals surface area contributed by atoms with Crippen LogP contribution in [0.2, 0.25) is 0 Å². The van der Waals surface area contributed by atoms with E-state index >= 15 is 0 Å². The van der Waals surface area contributed by atoms with E-state index in [1.54, 1.807) is 23.5 Å². The van der Waals surface area contributed by atoms with Crippen LogP contribution >= 0.6 is 23.5 Å². The Hall–Kier alpha value is -1.97. The van der Waals surface area contributed by atoms with Crippen LogP contribution in [0.3, 0.4) is 0 Å². The Morgan fingerprint density at radius 2 is 1.24 bits per heavy atom. The van der Waals surface area contributed by atoms with Crippen molar-refractivity contribution < 1.29 is 42.5 Å². The van der Waals surface area contributed by atoms with Crippen molar-refractivity contribution in [2.75, 3.05) is 16.4 Å². The van der Waals surface area contributed by atoms with Crippen molar-refractivity contribution in [2.45, 2.75) is 12.2 Å². The first kappa shape index (κ1) is 29.0. The molecule has 0 aromatic heterocycles. The fourth-order valence-electron chi connectivity index (χ4n) is 4.42. The topological polar surface area (TPSA) is 60.4 Å². The van der Waals surface area contributed by atoms with E-state index in [0.717, 1.165) is 43.8 Å². The van der Waals surface area contributed by atoms with Gasteiger partial charge in [-0.15, -0.1) is 23.5 Å². The van der Waals surface area contributed by atoms with Crippen LogP contribution in [0.15, 0.2) is 113 Å². The summed E-state index contributed by atoms with van der Waals surface area (Å²) in [5.41, 5.74) is 7.92. The second kappa shape index (κ2) is 13.4. The molecular weight excluding hydrogens is 542 g/mol. The van der Waals surface area contributed by atoms with Gasteiger partial charge in [-0.1, -0.05) is 84.9 Å². The van der Waals surface area contributed by atoms with Crippen molar-refractivity contribution in [1.82, 2.24) is 0 Å². The fourth-order valence-corrected chi connectivity index (χ4v) is 7.55. The molecule has 38 heavy (non-hydrogen) atoms. The second-order valence-corrected chi connectivity index (χ2v) is 12.5. The van der Waals surface area contributed by atoms with E-state index in [4.69, 9.17) is 0 Å². The number of hydrogen-bond donors (Lipinski definition) is 0. The molecule has 0 saturated carbocycles. The largest absolute Gasteiger partial charge is 1.00 e. The molecule has 0 radical (unpaired) electrons. The first-order valence-electron chi connectivity index (χ1n) is 12.0. The second-order valence-electron chi connectivity index (χ2n) is 8.61. The van der Waals surface area contributed by atoms with Gasteiger partial charge in [-0.25, -0.2) is 8.42 Å². The molecule has 188 valence electrons. The van der Waals surface area contributed by atoms with Gasteiger partial charge in [-0.3, -0.25) is 0 Å². The summed E-state index contributed by atoms with van der Waals surface area (Å²) in [4.78, 5) is 2.29. The van der Waals surface area contributed by atoms with E-state index in [1.807, 2.05) is 36.4 Å². The van der Waals surface area contributed by atoms with Gasteiger partial charge in [-0.2, -0.15) is 0 Å². The van der Waals surface area contributed by atoms with Crippen LogP contribution in [0.4, 0.5) is 17.1 Å². The zero-order chi connectivity index (χ0) is 25.7. The zero-order valence-electron chi connectivity index (χ0n) is 21.1. The summed E-state index contributed by atoms with van der Waals surface area (Å²) in [6.07, 6.45) is 0.318. The summed E-state index contributed by atoms with van der Waals surface area (Å²) < 4.78 is 34.7. The predicted molar refractivity (Wildman–Crippen MR) is 157 cm³/mol. The molecule has 4 aromatic rings. The molecule has 0 fully saturated rings. The zero-order valence-corrected chi connectivity index (χ0v) is 25.6. The predicted octanol–water partition coefficient (Wildman–Crippen LogP) is 4.79. The number of rotatable bonds is 9. The van der Waals surface area contributed by atoms with Crippen LogP contribution in [0.1, 0.15) is 23.1 Å². The van der Waals surface area contributed by atoms with Crippen molar-refractivity contribution in [3.8, 4) is 0 Å². The van der Waals surface area contributed by atoms with Crippen LogP contribution in [0.25, 0.3) is 5.57 Å². The Bertz CT molecular complexity index is 1460. The van der Waals surface area contributed by atoms with Crippen molar-refractivity contribution in [1.29, 1.82) is 0 Å². The van der Waals surface area contributed by atoms with Crippen LogP contribution < -0.4 is 34.5 Å². The maximum Gasteiger partial charge on any atom is 1.00 e. The number of fused-ring (bicyclic) bond motifs is 2. The Balaban J connectivity index is 0.00000336. The van der Waals surface area contributed by atoms with Gasteiger partial charge in [0.05, 0.1) is 21.5 Å². The van der Waals surface area contributed by atoms with Crippen LogP contribution in [0, 0.1) is 0 Å². The molecule has 0 unspecified atom stereocenters. The van der Waals surface area contributed by atoms with Crippen molar-refractivity contribution in [2.24, 2.45) is 0 Å². The number of hydrogen-bond acceptors (Lipinski definition) is 6. The first-order valence-corrected chi connectivity index (χ1v) is 15.6. The first-order chi connectivity index (χ1) is 18.0. The Morgan fingerprint density at radius 1 is 0.711 bits per heavy atom.